The zero-order valence-corrected chi connectivity index (χ0v) is 17.3. The van der Waals surface area contributed by atoms with E-state index in [4.69, 9.17) is 4.52 Å². The first-order chi connectivity index (χ1) is 13.7. The molecule has 0 saturated heterocycles. The van der Waals surface area contributed by atoms with Gasteiger partial charge in [-0.05, 0) is 38.4 Å². The Morgan fingerprint density at radius 1 is 1.21 bits per heavy atom. The zero-order chi connectivity index (χ0) is 19.3. The van der Waals surface area contributed by atoms with Gasteiger partial charge in [0, 0.05) is 18.3 Å². The van der Waals surface area contributed by atoms with Gasteiger partial charge >= 0.3 is 0 Å². The van der Waals surface area contributed by atoms with Crippen LogP contribution in [-0.4, -0.2) is 33.1 Å². The van der Waals surface area contributed by atoms with Crippen LogP contribution >= 0.6 is 11.3 Å². The molecule has 148 valence electrons. The molecule has 1 aliphatic carbocycles. The van der Waals surface area contributed by atoms with Gasteiger partial charge in [0.1, 0.15) is 4.88 Å². The van der Waals surface area contributed by atoms with Gasteiger partial charge in [-0.25, -0.2) is 4.98 Å². The minimum absolute atomic E-state index is 0.533. The van der Waals surface area contributed by atoms with Crippen LogP contribution in [0.15, 0.2) is 34.3 Å². The van der Waals surface area contributed by atoms with Crippen molar-refractivity contribution in [3.05, 3.63) is 46.9 Å². The maximum atomic E-state index is 5.41. The molecule has 2 heterocycles. The van der Waals surface area contributed by atoms with Crippen molar-refractivity contribution in [3.8, 4) is 10.8 Å². The van der Waals surface area contributed by atoms with Crippen molar-refractivity contribution in [2.45, 2.75) is 58.2 Å². The summed E-state index contributed by atoms with van der Waals surface area (Å²) in [5, 5.41) is 7.60. The summed E-state index contributed by atoms with van der Waals surface area (Å²) in [6.45, 7) is 3.43. The van der Waals surface area contributed by atoms with Crippen molar-refractivity contribution in [2.75, 3.05) is 12.4 Å². The van der Waals surface area contributed by atoms with Gasteiger partial charge in [-0.3, -0.25) is 4.90 Å². The third kappa shape index (κ3) is 4.42. The largest absolute Gasteiger partial charge is 0.377 e. The van der Waals surface area contributed by atoms with E-state index in [9.17, 15) is 0 Å². The molecule has 0 aliphatic heterocycles. The highest BCUT2D eigenvalue weighted by Gasteiger charge is 2.19. The minimum atomic E-state index is 0.533. The Hall–Kier alpha value is -2.25. The molecule has 6 nitrogen and oxygen atoms in total. The van der Waals surface area contributed by atoms with E-state index in [1.54, 1.807) is 5.51 Å². The number of benzene rings is 1. The Labute approximate surface area is 170 Å². The number of para-hydroxylation sites is 1. The van der Waals surface area contributed by atoms with Crippen LogP contribution in [0.4, 0.5) is 5.69 Å². The molecule has 0 bridgehead atoms. The summed E-state index contributed by atoms with van der Waals surface area (Å²) in [6.07, 6.45) is 6.72. The van der Waals surface area contributed by atoms with E-state index < -0.39 is 0 Å². The van der Waals surface area contributed by atoms with E-state index in [-0.39, 0.29) is 0 Å². The molecule has 0 amide bonds. The fourth-order valence-electron chi connectivity index (χ4n) is 3.85. The summed E-state index contributed by atoms with van der Waals surface area (Å²) in [5.41, 5.74) is 5.15. The number of aromatic nitrogens is 3. The highest BCUT2D eigenvalue weighted by Crippen LogP contribution is 2.27. The Bertz CT molecular complexity index is 900. The molecular weight excluding hydrogens is 370 g/mol. The first kappa shape index (κ1) is 19.1. The number of aryl methyl sites for hydroxylation is 1. The number of nitrogens with zero attached hydrogens (tertiary/aromatic N) is 4. The Morgan fingerprint density at radius 3 is 2.82 bits per heavy atom. The molecule has 1 fully saturated rings. The lowest BCUT2D eigenvalue weighted by Gasteiger charge is -2.31. The van der Waals surface area contributed by atoms with Crippen LogP contribution in [0.1, 0.15) is 49.2 Å². The third-order valence-corrected chi connectivity index (χ3v) is 6.40. The number of rotatable bonds is 7. The van der Waals surface area contributed by atoms with Gasteiger partial charge in [0.05, 0.1) is 17.7 Å². The summed E-state index contributed by atoms with van der Waals surface area (Å²) in [4.78, 5) is 12.2. The lowest BCUT2D eigenvalue weighted by atomic mass is 9.94. The first-order valence-electron chi connectivity index (χ1n) is 9.96. The van der Waals surface area contributed by atoms with Crippen LogP contribution in [0.5, 0.6) is 0 Å². The summed E-state index contributed by atoms with van der Waals surface area (Å²) < 4.78 is 5.41. The quantitative estimate of drug-likeness (QED) is 0.613. The number of hydrogen-bond acceptors (Lipinski definition) is 7. The van der Waals surface area contributed by atoms with E-state index in [1.807, 2.05) is 6.92 Å². The van der Waals surface area contributed by atoms with Crippen molar-refractivity contribution in [3.63, 3.8) is 0 Å². The van der Waals surface area contributed by atoms with Crippen LogP contribution in [0, 0.1) is 6.92 Å². The second-order valence-electron chi connectivity index (χ2n) is 7.50. The molecule has 3 aromatic rings. The maximum Gasteiger partial charge on any atom is 0.269 e. The molecule has 0 atom stereocenters. The highest BCUT2D eigenvalue weighted by molar-refractivity contribution is 7.13. The lowest BCUT2D eigenvalue weighted by Crippen LogP contribution is -2.33. The summed E-state index contributed by atoms with van der Waals surface area (Å²) in [7, 11) is 2.25. The second-order valence-corrected chi connectivity index (χ2v) is 8.36. The average molecular weight is 398 g/mol. The van der Waals surface area contributed by atoms with E-state index in [1.165, 1.54) is 49.0 Å². The molecule has 1 N–H and O–H groups in total. The van der Waals surface area contributed by atoms with Crippen molar-refractivity contribution in [2.24, 2.45) is 0 Å². The molecule has 0 unspecified atom stereocenters. The van der Waals surface area contributed by atoms with Crippen molar-refractivity contribution < 1.29 is 4.52 Å². The molecule has 0 radical (unpaired) electrons. The van der Waals surface area contributed by atoms with Crippen LogP contribution in [-0.2, 0) is 13.1 Å². The van der Waals surface area contributed by atoms with E-state index in [2.05, 4.69) is 56.7 Å². The predicted molar refractivity (Wildman–Crippen MR) is 112 cm³/mol. The minimum Gasteiger partial charge on any atom is -0.377 e. The average Bonchev–Trinajstić information content (AvgIpc) is 3.36. The van der Waals surface area contributed by atoms with E-state index in [0.717, 1.165) is 22.8 Å². The van der Waals surface area contributed by atoms with Crippen molar-refractivity contribution in [1.82, 2.24) is 20.0 Å². The molecule has 2 aromatic heterocycles. The van der Waals surface area contributed by atoms with E-state index >= 15 is 0 Å². The monoisotopic (exact) mass is 397 g/mol. The molecule has 1 saturated carbocycles. The van der Waals surface area contributed by atoms with Crippen LogP contribution in [0.2, 0.25) is 0 Å². The fraction of sp³-hybridized carbons (Fsp3) is 0.476. The standard InChI is InChI=1S/C21H27N5OS/c1-15-20(28-14-23-15)21-24-19(25-27-21)12-22-18-11-7-6-8-16(18)13-26(2)17-9-4-3-5-10-17/h6-8,11,14,17,22H,3-5,9-10,12-13H2,1-2H3. The predicted octanol–water partition coefficient (Wildman–Crippen LogP) is 4.88. The smallest absolute Gasteiger partial charge is 0.269 e. The van der Waals surface area contributed by atoms with Gasteiger partial charge in [0.15, 0.2) is 5.82 Å². The van der Waals surface area contributed by atoms with Crippen molar-refractivity contribution in [1.29, 1.82) is 0 Å². The van der Waals surface area contributed by atoms with Gasteiger partial charge in [-0.15, -0.1) is 11.3 Å². The van der Waals surface area contributed by atoms with E-state index in [0.29, 0.717) is 24.3 Å². The number of hydrogen-bond donors (Lipinski definition) is 1. The van der Waals surface area contributed by atoms with Gasteiger partial charge < -0.3 is 9.84 Å². The van der Waals surface area contributed by atoms with Crippen LogP contribution in [0.25, 0.3) is 10.8 Å². The van der Waals surface area contributed by atoms with Crippen molar-refractivity contribution >= 4 is 17.0 Å². The number of thiazole rings is 1. The maximum absolute atomic E-state index is 5.41. The number of anilines is 1. The van der Waals surface area contributed by atoms with Gasteiger partial charge in [-0.2, -0.15) is 4.98 Å². The van der Waals surface area contributed by atoms with Crippen LogP contribution < -0.4 is 5.32 Å². The molecule has 0 spiro atoms. The Balaban J connectivity index is 1.40. The van der Waals surface area contributed by atoms with Gasteiger partial charge in [0.25, 0.3) is 5.89 Å². The molecular formula is C21H27N5OS. The third-order valence-electron chi connectivity index (χ3n) is 5.48. The van der Waals surface area contributed by atoms with Gasteiger partial charge in [0.2, 0.25) is 0 Å². The number of nitrogens with one attached hydrogen (secondary N) is 1. The first-order valence-corrected chi connectivity index (χ1v) is 10.8. The topological polar surface area (TPSA) is 67.1 Å². The summed E-state index contributed by atoms with van der Waals surface area (Å²) >= 11 is 1.52. The normalized spacial score (nSPS) is 15.2. The Morgan fingerprint density at radius 2 is 2.04 bits per heavy atom. The van der Waals surface area contributed by atoms with Gasteiger partial charge in [-0.1, -0.05) is 42.6 Å². The molecule has 7 heteroatoms. The highest BCUT2D eigenvalue weighted by atomic mass is 32.1. The molecule has 1 aromatic carbocycles. The summed E-state index contributed by atoms with van der Waals surface area (Å²) in [6, 6.07) is 9.19. The van der Waals surface area contributed by atoms with Crippen LogP contribution in [0.3, 0.4) is 0 Å². The molecule has 1 aliphatic rings. The zero-order valence-electron chi connectivity index (χ0n) is 16.5. The summed E-state index contributed by atoms with van der Waals surface area (Å²) in [5.74, 6) is 1.19. The lowest BCUT2D eigenvalue weighted by molar-refractivity contribution is 0.185. The molecule has 28 heavy (non-hydrogen) atoms. The fourth-order valence-corrected chi connectivity index (χ4v) is 4.57. The SMILES string of the molecule is Cc1ncsc1-c1nc(CNc2ccccc2CN(C)C2CCCCC2)no1. The Kier molecular flexibility index (Phi) is 6.02. The second kappa shape index (κ2) is 8.84. The molecule has 4 rings (SSSR count).